The number of nitrogens with one attached hydrogen (secondary N) is 1. The number of hydrogen-bond donors (Lipinski definition) is 2. The Hall–Kier alpha value is -2.36. The van der Waals surface area contributed by atoms with Gasteiger partial charge >= 0.3 is 0 Å². The van der Waals surface area contributed by atoms with E-state index in [1.54, 1.807) is 13.2 Å². The summed E-state index contributed by atoms with van der Waals surface area (Å²) in [7, 11) is 1.62. The minimum atomic E-state index is 0.200. The lowest BCUT2D eigenvalue weighted by Gasteiger charge is -2.15. The van der Waals surface area contributed by atoms with Crippen molar-refractivity contribution in [3.63, 3.8) is 0 Å². The van der Waals surface area contributed by atoms with E-state index in [9.17, 15) is 0 Å². The third-order valence-corrected chi connectivity index (χ3v) is 3.28. The van der Waals surface area contributed by atoms with Crippen molar-refractivity contribution in [2.75, 3.05) is 18.2 Å². The van der Waals surface area contributed by atoms with Gasteiger partial charge in [0.1, 0.15) is 11.5 Å². The highest BCUT2D eigenvalue weighted by molar-refractivity contribution is 5.74. The molecule has 0 bridgehead atoms. The minimum absolute atomic E-state index is 0.200. The Bertz CT molecular complexity index is 599. The van der Waals surface area contributed by atoms with E-state index in [1.807, 2.05) is 36.4 Å². The zero-order valence-corrected chi connectivity index (χ0v) is 12.7. The minimum Gasteiger partial charge on any atom is -0.497 e. The van der Waals surface area contributed by atoms with E-state index in [2.05, 4.69) is 19.2 Å². The largest absolute Gasteiger partial charge is 0.497 e. The molecule has 4 nitrogen and oxygen atoms in total. The van der Waals surface area contributed by atoms with Gasteiger partial charge in [-0.25, -0.2) is 0 Å². The van der Waals surface area contributed by atoms with Gasteiger partial charge in [-0.15, -0.1) is 0 Å². The number of benzene rings is 2. The molecule has 0 heterocycles. The molecule has 2 rings (SSSR count). The summed E-state index contributed by atoms with van der Waals surface area (Å²) in [5.41, 5.74) is 8.43. The molecule has 1 atom stereocenters. The summed E-state index contributed by atoms with van der Waals surface area (Å²) in [6, 6.07) is 13.4. The molecule has 0 radical (unpaired) electrons. The van der Waals surface area contributed by atoms with Crippen LogP contribution in [-0.4, -0.2) is 13.2 Å². The van der Waals surface area contributed by atoms with Crippen molar-refractivity contribution in [1.29, 1.82) is 0 Å². The van der Waals surface area contributed by atoms with Crippen LogP contribution < -0.4 is 20.5 Å². The summed E-state index contributed by atoms with van der Waals surface area (Å²) < 4.78 is 11.0. The van der Waals surface area contributed by atoms with Crippen LogP contribution in [0.2, 0.25) is 0 Å². The molecule has 1 unspecified atom stereocenters. The van der Waals surface area contributed by atoms with E-state index in [0.717, 1.165) is 29.3 Å². The van der Waals surface area contributed by atoms with E-state index in [-0.39, 0.29) is 6.10 Å². The van der Waals surface area contributed by atoms with Gasteiger partial charge < -0.3 is 20.5 Å². The molecule has 0 aliphatic carbocycles. The highest BCUT2D eigenvalue weighted by atomic mass is 16.5. The Kier molecular flexibility index (Phi) is 4.93. The third-order valence-electron chi connectivity index (χ3n) is 3.28. The predicted molar refractivity (Wildman–Crippen MR) is 87.5 cm³/mol. The van der Waals surface area contributed by atoms with Crippen molar-refractivity contribution < 1.29 is 9.47 Å². The molecule has 0 amide bonds. The quantitative estimate of drug-likeness (QED) is 0.781. The van der Waals surface area contributed by atoms with E-state index in [0.29, 0.717) is 5.69 Å². The van der Waals surface area contributed by atoms with Crippen LogP contribution in [0, 0.1) is 0 Å². The molecule has 0 spiro atoms. The smallest absolute Gasteiger partial charge is 0.121 e. The Morgan fingerprint density at radius 3 is 2.62 bits per heavy atom. The second-order valence-corrected chi connectivity index (χ2v) is 4.94. The number of rotatable bonds is 6. The van der Waals surface area contributed by atoms with Crippen molar-refractivity contribution in [3.05, 3.63) is 42.5 Å². The molecule has 0 aliphatic rings. The summed E-state index contributed by atoms with van der Waals surface area (Å²) in [4.78, 5) is 0. The molecule has 112 valence electrons. The van der Waals surface area contributed by atoms with Gasteiger partial charge in [0.05, 0.1) is 24.6 Å². The van der Waals surface area contributed by atoms with Crippen LogP contribution in [0.3, 0.4) is 0 Å². The third kappa shape index (κ3) is 4.05. The fourth-order valence-corrected chi connectivity index (χ4v) is 1.90. The van der Waals surface area contributed by atoms with Crippen molar-refractivity contribution in [3.8, 4) is 11.5 Å². The number of nitrogen functional groups attached to an aromatic ring is 1. The summed E-state index contributed by atoms with van der Waals surface area (Å²) >= 11 is 0. The van der Waals surface area contributed by atoms with Gasteiger partial charge in [-0.2, -0.15) is 0 Å². The molecule has 0 aliphatic heterocycles. The van der Waals surface area contributed by atoms with Crippen LogP contribution >= 0.6 is 0 Å². The maximum atomic E-state index is 6.01. The highest BCUT2D eigenvalue weighted by Gasteiger charge is 2.04. The average Bonchev–Trinajstić information content (AvgIpc) is 2.49. The molecule has 4 heteroatoms. The van der Waals surface area contributed by atoms with Gasteiger partial charge in [0.15, 0.2) is 0 Å². The van der Waals surface area contributed by atoms with Crippen molar-refractivity contribution in [2.45, 2.75) is 26.4 Å². The van der Waals surface area contributed by atoms with Crippen molar-refractivity contribution in [1.82, 2.24) is 0 Å². The van der Waals surface area contributed by atoms with E-state index >= 15 is 0 Å². The van der Waals surface area contributed by atoms with Gasteiger partial charge in [0.2, 0.25) is 0 Å². The SMILES string of the molecule is CCC(C)Oc1cccc(Nc2ccc(OC)cc2N)c1. The zero-order valence-electron chi connectivity index (χ0n) is 12.7. The standard InChI is InChI=1S/C17H22N2O2/c1-4-12(2)21-15-7-5-6-13(10-15)19-17-9-8-14(20-3)11-16(17)18/h5-12,19H,4,18H2,1-3H3. The molecule has 0 saturated heterocycles. The molecular formula is C17H22N2O2. The molecule has 0 fully saturated rings. The molecular weight excluding hydrogens is 264 g/mol. The molecule has 3 N–H and O–H groups in total. The monoisotopic (exact) mass is 286 g/mol. The lowest BCUT2D eigenvalue weighted by atomic mass is 10.2. The Morgan fingerprint density at radius 2 is 1.95 bits per heavy atom. The summed E-state index contributed by atoms with van der Waals surface area (Å²) in [5, 5.41) is 3.29. The highest BCUT2D eigenvalue weighted by Crippen LogP contribution is 2.28. The summed E-state index contributed by atoms with van der Waals surface area (Å²) in [5.74, 6) is 1.59. The lowest BCUT2D eigenvalue weighted by Crippen LogP contribution is -2.09. The number of nitrogens with two attached hydrogens (primary N) is 1. The van der Waals surface area contributed by atoms with Crippen LogP contribution in [0.5, 0.6) is 11.5 Å². The lowest BCUT2D eigenvalue weighted by molar-refractivity contribution is 0.217. The predicted octanol–water partition coefficient (Wildman–Crippen LogP) is 4.20. The first-order chi connectivity index (χ1) is 10.1. The number of hydrogen-bond acceptors (Lipinski definition) is 4. The first-order valence-corrected chi connectivity index (χ1v) is 7.09. The summed E-state index contributed by atoms with van der Waals surface area (Å²) in [6.45, 7) is 4.16. The van der Waals surface area contributed by atoms with E-state index in [1.165, 1.54) is 0 Å². The first kappa shape index (κ1) is 15.0. The van der Waals surface area contributed by atoms with E-state index in [4.69, 9.17) is 15.2 Å². The van der Waals surface area contributed by atoms with Gasteiger partial charge in [-0.05, 0) is 37.6 Å². The van der Waals surface area contributed by atoms with Crippen molar-refractivity contribution in [2.24, 2.45) is 0 Å². The Morgan fingerprint density at radius 1 is 1.14 bits per heavy atom. The first-order valence-electron chi connectivity index (χ1n) is 7.09. The van der Waals surface area contributed by atoms with E-state index < -0.39 is 0 Å². The van der Waals surface area contributed by atoms with Gasteiger partial charge in [0.25, 0.3) is 0 Å². The average molecular weight is 286 g/mol. The Balaban J connectivity index is 2.14. The molecule has 0 saturated carbocycles. The number of methoxy groups -OCH3 is 1. The molecule has 2 aromatic carbocycles. The number of ether oxygens (including phenoxy) is 2. The molecule has 0 aromatic heterocycles. The van der Waals surface area contributed by atoms with Gasteiger partial charge in [0, 0.05) is 17.8 Å². The second-order valence-electron chi connectivity index (χ2n) is 4.94. The topological polar surface area (TPSA) is 56.5 Å². The zero-order chi connectivity index (χ0) is 15.2. The van der Waals surface area contributed by atoms with Gasteiger partial charge in [-0.1, -0.05) is 13.0 Å². The Labute approximate surface area is 125 Å². The van der Waals surface area contributed by atoms with Gasteiger partial charge in [-0.3, -0.25) is 0 Å². The molecule has 21 heavy (non-hydrogen) atoms. The maximum absolute atomic E-state index is 6.01. The fraction of sp³-hybridized carbons (Fsp3) is 0.294. The van der Waals surface area contributed by atoms with Crippen LogP contribution in [0.1, 0.15) is 20.3 Å². The van der Waals surface area contributed by atoms with Crippen LogP contribution in [0.15, 0.2) is 42.5 Å². The van der Waals surface area contributed by atoms with Crippen LogP contribution in [-0.2, 0) is 0 Å². The number of anilines is 3. The maximum Gasteiger partial charge on any atom is 0.121 e. The van der Waals surface area contributed by atoms with Crippen LogP contribution in [0.25, 0.3) is 0 Å². The second kappa shape index (κ2) is 6.88. The summed E-state index contributed by atoms with van der Waals surface area (Å²) in [6.07, 6.45) is 1.18. The normalized spacial score (nSPS) is 11.8. The fourth-order valence-electron chi connectivity index (χ4n) is 1.90. The van der Waals surface area contributed by atoms with Crippen molar-refractivity contribution >= 4 is 17.1 Å². The molecule has 2 aromatic rings. The van der Waals surface area contributed by atoms with Crippen LogP contribution in [0.4, 0.5) is 17.1 Å².